The molecule has 0 atom stereocenters. The first kappa shape index (κ1) is 23.5. The first-order chi connectivity index (χ1) is 13.1. The molecule has 0 N–H and O–H groups in total. The van der Waals surface area contributed by atoms with Gasteiger partial charge in [0.1, 0.15) is 11.6 Å². The summed E-state index contributed by atoms with van der Waals surface area (Å²) in [7, 11) is 0. The molecular formula is C24H40N2O. The fourth-order valence-electron chi connectivity index (χ4n) is 3.81. The number of aryl methyl sites for hydroxylation is 2. The molecule has 0 saturated carbocycles. The van der Waals surface area contributed by atoms with Crippen molar-refractivity contribution in [3.63, 3.8) is 0 Å². The van der Waals surface area contributed by atoms with Gasteiger partial charge >= 0.3 is 0 Å². The highest BCUT2D eigenvalue weighted by Gasteiger charge is 2.09. The maximum Gasteiger partial charge on any atom is 0.268 e. The minimum absolute atomic E-state index is 0.121. The number of hydrogen-bond acceptors (Lipinski definition) is 2. The minimum Gasteiger partial charge on any atom is -0.312 e. The Morgan fingerprint density at radius 2 is 1.26 bits per heavy atom. The zero-order valence-electron chi connectivity index (χ0n) is 18.0. The highest BCUT2D eigenvalue weighted by Crippen LogP contribution is 2.13. The molecule has 0 aliphatic rings. The lowest BCUT2D eigenvalue weighted by Crippen LogP contribution is -2.25. The van der Waals surface area contributed by atoms with Crippen LogP contribution >= 0.6 is 0 Å². The third kappa shape index (κ3) is 9.27. The molecule has 1 heterocycles. The number of hydrogen-bond donors (Lipinski definition) is 0. The van der Waals surface area contributed by atoms with Crippen molar-refractivity contribution in [3.05, 3.63) is 33.2 Å². The maximum absolute atomic E-state index is 12.3. The van der Waals surface area contributed by atoms with Gasteiger partial charge in [0, 0.05) is 12.2 Å². The third-order valence-corrected chi connectivity index (χ3v) is 5.55. The van der Waals surface area contributed by atoms with Gasteiger partial charge in [-0.2, -0.15) is 5.26 Å². The molecular weight excluding hydrogens is 332 g/mol. The smallest absolute Gasteiger partial charge is 0.268 e. The molecule has 0 bridgehead atoms. The van der Waals surface area contributed by atoms with Crippen LogP contribution in [0.4, 0.5) is 0 Å². The molecule has 152 valence electrons. The lowest BCUT2D eigenvalue weighted by Gasteiger charge is -2.11. The lowest BCUT2D eigenvalue weighted by molar-refractivity contribution is 0.518. The van der Waals surface area contributed by atoms with E-state index in [2.05, 4.69) is 6.92 Å². The van der Waals surface area contributed by atoms with E-state index in [9.17, 15) is 4.79 Å². The normalized spacial score (nSPS) is 10.9. The SMILES string of the molecule is CCCCCCCCCCCCCCCCn1c(C)cc(C)c(C#N)c1=O. The number of pyridine rings is 1. The van der Waals surface area contributed by atoms with Gasteiger partial charge in [-0.05, 0) is 31.9 Å². The average molecular weight is 373 g/mol. The van der Waals surface area contributed by atoms with Crippen LogP contribution in [-0.2, 0) is 6.54 Å². The van der Waals surface area contributed by atoms with Crippen LogP contribution in [0, 0.1) is 25.2 Å². The molecule has 0 spiro atoms. The summed E-state index contributed by atoms with van der Waals surface area (Å²) >= 11 is 0. The van der Waals surface area contributed by atoms with Gasteiger partial charge in [-0.25, -0.2) is 0 Å². The van der Waals surface area contributed by atoms with Crippen LogP contribution in [0.25, 0.3) is 0 Å². The van der Waals surface area contributed by atoms with Gasteiger partial charge in [-0.3, -0.25) is 4.79 Å². The average Bonchev–Trinajstić information content (AvgIpc) is 2.64. The Morgan fingerprint density at radius 1 is 0.815 bits per heavy atom. The fraction of sp³-hybridized carbons (Fsp3) is 0.750. The monoisotopic (exact) mass is 372 g/mol. The van der Waals surface area contributed by atoms with Gasteiger partial charge in [0.2, 0.25) is 0 Å². The number of unbranched alkanes of at least 4 members (excludes halogenated alkanes) is 13. The van der Waals surface area contributed by atoms with Crippen molar-refractivity contribution < 1.29 is 0 Å². The fourth-order valence-corrected chi connectivity index (χ4v) is 3.81. The van der Waals surface area contributed by atoms with Crippen molar-refractivity contribution in [2.75, 3.05) is 0 Å². The summed E-state index contributed by atoms with van der Waals surface area (Å²) in [6, 6.07) is 4.00. The van der Waals surface area contributed by atoms with E-state index in [4.69, 9.17) is 5.26 Å². The van der Waals surface area contributed by atoms with Gasteiger partial charge < -0.3 is 4.57 Å². The van der Waals surface area contributed by atoms with E-state index in [1.165, 1.54) is 83.5 Å². The Labute approximate surface area is 166 Å². The van der Waals surface area contributed by atoms with Crippen molar-refractivity contribution in [2.45, 2.75) is 117 Å². The van der Waals surface area contributed by atoms with Crippen LogP contribution in [0.1, 0.15) is 114 Å². The van der Waals surface area contributed by atoms with Gasteiger partial charge in [0.15, 0.2) is 0 Å². The highest BCUT2D eigenvalue weighted by molar-refractivity contribution is 5.36. The van der Waals surface area contributed by atoms with Gasteiger partial charge in [-0.15, -0.1) is 0 Å². The number of aromatic nitrogens is 1. The second-order valence-electron chi connectivity index (χ2n) is 8.01. The van der Waals surface area contributed by atoms with Crippen LogP contribution in [0.2, 0.25) is 0 Å². The molecule has 0 aliphatic carbocycles. The summed E-state index contributed by atoms with van der Waals surface area (Å²) in [6.07, 6.45) is 18.7. The summed E-state index contributed by atoms with van der Waals surface area (Å²) in [5.41, 5.74) is 1.93. The van der Waals surface area contributed by atoms with Crippen LogP contribution in [0.3, 0.4) is 0 Å². The predicted octanol–water partition coefficient (Wildman–Crippen LogP) is 6.82. The summed E-state index contributed by atoms with van der Waals surface area (Å²) in [5.74, 6) is 0. The topological polar surface area (TPSA) is 45.8 Å². The van der Waals surface area contributed by atoms with Crippen molar-refractivity contribution in [3.8, 4) is 6.07 Å². The molecule has 27 heavy (non-hydrogen) atoms. The lowest BCUT2D eigenvalue weighted by atomic mass is 10.0. The molecule has 1 rings (SSSR count). The number of rotatable bonds is 15. The van der Waals surface area contributed by atoms with Crippen LogP contribution in [0.5, 0.6) is 0 Å². The van der Waals surface area contributed by atoms with Crippen molar-refractivity contribution in [1.82, 2.24) is 4.57 Å². The van der Waals surface area contributed by atoms with Crippen LogP contribution < -0.4 is 5.56 Å². The molecule has 0 saturated heterocycles. The molecule has 1 aromatic heterocycles. The van der Waals surface area contributed by atoms with Gasteiger partial charge in [0.25, 0.3) is 5.56 Å². The Bertz CT molecular complexity index is 624. The Balaban J connectivity index is 2.06. The molecule has 0 aliphatic heterocycles. The molecule has 3 nitrogen and oxygen atoms in total. The van der Waals surface area contributed by atoms with Crippen molar-refractivity contribution >= 4 is 0 Å². The van der Waals surface area contributed by atoms with E-state index in [0.29, 0.717) is 5.56 Å². The molecule has 0 fully saturated rings. The molecule has 0 amide bonds. The zero-order chi connectivity index (χ0) is 19.9. The van der Waals surface area contributed by atoms with E-state index in [1.807, 2.05) is 26.0 Å². The summed E-state index contributed by atoms with van der Waals surface area (Å²) in [6.45, 7) is 6.80. The Hall–Kier alpha value is -1.56. The highest BCUT2D eigenvalue weighted by atomic mass is 16.1. The quantitative estimate of drug-likeness (QED) is 0.317. The zero-order valence-corrected chi connectivity index (χ0v) is 18.0. The predicted molar refractivity (Wildman–Crippen MR) is 115 cm³/mol. The maximum atomic E-state index is 12.3. The Morgan fingerprint density at radius 3 is 1.70 bits per heavy atom. The molecule has 0 unspecified atom stereocenters. The standard InChI is InChI=1S/C24H40N2O/c1-4-5-6-7-8-9-10-11-12-13-14-15-16-17-18-26-22(3)19-21(2)23(20-25)24(26)27/h19H,4-18H2,1-3H3. The van der Waals surface area contributed by atoms with E-state index in [-0.39, 0.29) is 5.56 Å². The van der Waals surface area contributed by atoms with E-state index in [0.717, 1.165) is 24.2 Å². The number of nitrogens with zero attached hydrogens (tertiary/aromatic N) is 2. The van der Waals surface area contributed by atoms with E-state index < -0.39 is 0 Å². The minimum atomic E-state index is -0.121. The Kier molecular flexibility index (Phi) is 12.6. The summed E-state index contributed by atoms with van der Waals surface area (Å²) in [4.78, 5) is 12.3. The first-order valence-electron chi connectivity index (χ1n) is 11.2. The van der Waals surface area contributed by atoms with Crippen LogP contribution in [0.15, 0.2) is 10.9 Å². The third-order valence-electron chi connectivity index (χ3n) is 5.55. The molecule has 0 aromatic carbocycles. The van der Waals surface area contributed by atoms with E-state index in [1.54, 1.807) is 4.57 Å². The molecule has 3 heteroatoms. The molecule has 1 aromatic rings. The second kappa shape index (κ2) is 14.5. The van der Waals surface area contributed by atoms with Gasteiger partial charge in [-0.1, -0.05) is 90.4 Å². The van der Waals surface area contributed by atoms with Crippen LogP contribution in [-0.4, -0.2) is 4.57 Å². The number of nitriles is 1. The summed E-state index contributed by atoms with van der Waals surface area (Å²) in [5, 5.41) is 9.15. The first-order valence-corrected chi connectivity index (χ1v) is 11.2. The summed E-state index contributed by atoms with van der Waals surface area (Å²) < 4.78 is 1.77. The van der Waals surface area contributed by atoms with Crippen molar-refractivity contribution in [1.29, 1.82) is 5.26 Å². The molecule has 0 radical (unpaired) electrons. The largest absolute Gasteiger partial charge is 0.312 e. The second-order valence-corrected chi connectivity index (χ2v) is 8.01. The van der Waals surface area contributed by atoms with Crippen molar-refractivity contribution in [2.24, 2.45) is 0 Å². The van der Waals surface area contributed by atoms with Gasteiger partial charge in [0.05, 0.1) is 0 Å². The van der Waals surface area contributed by atoms with E-state index >= 15 is 0 Å².